The SMILES string of the molecule is COC(=O)c1c(CC#N)c(-c2ccc3c(c2)OCO3)cc2c1C13OCOC1C=CC=C3C=C2. The van der Waals surface area contributed by atoms with Crippen molar-refractivity contribution >= 4 is 12.0 Å². The molecule has 0 saturated carbocycles. The van der Waals surface area contributed by atoms with E-state index in [0.29, 0.717) is 28.2 Å². The molecule has 164 valence electrons. The Bertz CT molecular complexity index is 1330. The summed E-state index contributed by atoms with van der Waals surface area (Å²) in [6.45, 7) is 0.256. The Kier molecular flexibility index (Phi) is 4.40. The van der Waals surface area contributed by atoms with Crippen molar-refractivity contribution in [1.82, 2.24) is 0 Å². The van der Waals surface area contributed by atoms with Crippen LogP contribution in [0.2, 0.25) is 0 Å². The summed E-state index contributed by atoms with van der Waals surface area (Å²) in [5, 5.41) is 9.71. The molecule has 2 aliphatic carbocycles. The maximum atomic E-state index is 13.3. The van der Waals surface area contributed by atoms with Gasteiger partial charge in [0.15, 0.2) is 17.1 Å². The molecule has 2 aromatic rings. The van der Waals surface area contributed by atoms with Crippen molar-refractivity contribution in [2.24, 2.45) is 0 Å². The number of carbonyl (C=O) groups is 1. The molecular formula is C26H19NO6. The van der Waals surface area contributed by atoms with Gasteiger partial charge in [-0.05, 0) is 46.0 Å². The summed E-state index contributed by atoms with van der Waals surface area (Å²) in [6, 6.07) is 9.80. The lowest BCUT2D eigenvalue weighted by Crippen LogP contribution is -2.42. The highest BCUT2D eigenvalue weighted by Gasteiger charge is 2.53. The van der Waals surface area contributed by atoms with Gasteiger partial charge in [0, 0.05) is 5.56 Å². The van der Waals surface area contributed by atoms with Gasteiger partial charge in [-0.25, -0.2) is 4.79 Å². The van der Waals surface area contributed by atoms with E-state index >= 15 is 0 Å². The van der Waals surface area contributed by atoms with E-state index < -0.39 is 17.7 Å². The summed E-state index contributed by atoms with van der Waals surface area (Å²) in [5.74, 6) is 0.762. The summed E-state index contributed by atoms with van der Waals surface area (Å²) in [5.41, 5.74) is 3.89. The van der Waals surface area contributed by atoms with Crippen LogP contribution in [0.5, 0.6) is 11.5 Å². The van der Waals surface area contributed by atoms with Gasteiger partial charge in [-0.3, -0.25) is 0 Å². The Hall–Kier alpha value is -3.86. The van der Waals surface area contributed by atoms with E-state index in [1.165, 1.54) is 7.11 Å². The van der Waals surface area contributed by atoms with E-state index in [1.54, 1.807) is 0 Å². The van der Waals surface area contributed by atoms with Crippen LogP contribution in [0.4, 0.5) is 0 Å². The molecule has 1 spiro atoms. The number of esters is 1. The lowest BCUT2D eigenvalue weighted by atomic mass is 9.69. The molecule has 6 rings (SSSR count). The number of fused-ring (bicyclic) bond motifs is 2. The van der Waals surface area contributed by atoms with Crippen LogP contribution < -0.4 is 9.47 Å². The van der Waals surface area contributed by atoms with Gasteiger partial charge in [-0.2, -0.15) is 5.26 Å². The molecular weight excluding hydrogens is 422 g/mol. The number of ether oxygens (including phenoxy) is 5. The maximum absolute atomic E-state index is 13.3. The minimum atomic E-state index is -0.972. The van der Waals surface area contributed by atoms with Crippen molar-refractivity contribution in [2.45, 2.75) is 18.1 Å². The molecule has 7 heteroatoms. The van der Waals surface area contributed by atoms with Gasteiger partial charge in [0.05, 0.1) is 25.2 Å². The van der Waals surface area contributed by atoms with Gasteiger partial charge in [0.25, 0.3) is 0 Å². The lowest BCUT2D eigenvalue weighted by Gasteiger charge is -2.40. The van der Waals surface area contributed by atoms with Gasteiger partial charge in [0.1, 0.15) is 12.9 Å². The fourth-order valence-electron chi connectivity index (χ4n) is 5.13. The average molecular weight is 441 g/mol. The van der Waals surface area contributed by atoms with Crippen LogP contribution in [0, 0.1) is 11.3 Å². The molecule has 2 atom stereocenters. The third-order valence-electron chi connectivity index (χ3n) is 6.53. The standard InChI is InChI=1S/C26H19NO6/c1-29-25(28)23-18(9-10-27)19(15-6-8-20-21(12-15)31-13-30-20)11-16-5-7-17-3-2-4-22-26(17,24(16)23)33-14-32-22/h2-8,11-12,22H,9,13-14H2,1H3. The zero-order chi connectivity index (χ0) is 22.6. The molecule has 7 nitrogen and oxygen atoms in total. The highest BCUT2D eigenvalue weighted by atomic mass is 16.7. The number of allylic oxidation sites excluding steroid dienone is 2. The van der Waals surface area contributed by atoms with Crippen molar-refractivity contribution in [3.63, 3.8) is 0 Å². The molecule has 1 saturated heterocycles. The molecule has 2 aliphatic heterocycles. The first-order valence-electron chi connectivity index (χ1n) is 10.6. The topological polar surface area (TPSA) is 87.0 Å². The second-order valence-corrected chi connectivity index (χ2v) is 8.06. The van der Waals surface area contributed by atoms with Crippen LogP contribution in [0.25, 0.3) is 17.2 Å². The summed E-state index contributed by atoms with van der Waals surface area (Å²) in [6.07, 6.45) is 9.39. The first kappa shape index (κ1) is 19.8. The monoisotopic (exact) mass is 441 g/mol. The number of hydrogen-bond acceptors (Lipinski definition) is 7. The van der Waals surface area contributed by atoms with Gasteiger partial charge in [-0.15, -0.1) is 0 Å². The van der Waals surface area contributed by atoms with E-state index in [-0.39, 0.29) is 20.0 Å². The highest BCUT2D eigenvalue weighted by molar-refractivity contribution is 5.99. The second kappa shape index (κ2) is 7.34. The summed E-state index contributed by atoms with van der Waals surface area (Å²) in [7, 11) is 1.34. The third kappa shape index (κ3) is 2.72. The van der Waals surface area contributed by atoms with Crippen LogP contribution in [-0.4, -0.2) is 32.8 Å². The minimum Gasteiger partial charge on any atom is -0.465 e. The largest absolute Gasteiger partial charge is 0.465 e. The Morgan fingerprint density at radius 2 is 2.09 bits per heavy atom. The molecule has 2 heterocycles. The van der Waals surface area contributed by atoms with Crippen molar-refractivity contribution in [1.29, 1.82) is 5.26 Å². The Balaban J connectivity index is 1.67. The molecule has 0 amide bonds. The van der Waals surface area contributed by atoms with Gasteiger partial charge < -0.3 is 23.7 Å². The van der Waals surface area contributed by atoms with Crippen LogP contribution in [0.15, 0.2) is 54.1 Å². The minimum absolute atomic E-state index is 0.0156. The van der Waals surface area contributed by atoms with Gasteiger partial charge >= 0.3 is 5.97 Å². The number of methoxy groups -OCH3 is 1. The van der Waals surface area contributed by atoms with E-state index in [9.17, 15) is 10.1 Å². The molecule has 0 N–H and O–H groups in total. The molecule has 2 aromatic carbocycles. The van der Waals surface area contributed by atoms with Gasteiger partial charge in [-0.1, -0.05) is 36.4 Å². The van der Waals surface area contributed by atoms with Crippen molar-refractivity contribution < 1.29 is 28.5 Å². The number of carbonyl (C=O) groups excluding carboxylic acids is 1. The first-order valence-corrected chi connectivity index (χ1v) is 10.6. The van der Waals surface area contributed by atoms with Crippen LogP contribution in [-0.2, 0) is 26.2 Å². The molecule has 33 heavy (non-hydrogen) atoms. The van der Waals surface area contributed by atoms with E-state index in [4.69, 9.17) is 23.7 Å². The maximum Gasteiger partial charge on any atom is 0.338 e. The fraction of sp³-hybridized carbons (Fsp3) is 0.231. The highest BCUT2D eigenvalue weighted by Crippen LogP contribution is 2.52. The summed E-state index contributed by atoms with van der Waals surface area (Å²) < 4.78 is 28.3. The van der Waals surface area contributed by atoms with Crippen molar-refractivity contribution in [3.05, 3.63) is 76.4 Å². The second-order valence-electron chi connectivity index (χ2n) is 8.06. The smallest absolute Gasteiger partial charge is 0.338 e. The Labute approximate surface area is 190 Å². The molecule has 0 bridgehead atoms. The number of rotatable bonds is 3. The molecule has 0 aromatic heterocycles. The summed E-state index contributed by atoms with van der Waals surface area (Å²) >= 11 is 0. The molecule has 1 fully saturated rings. The molecule has 2 unspecified atom stereocenters. The van der Waals surface area contributed by atoms with Gasteiger partial charge in [0.2, 0.25) is 6.79 Å². The van der Waals surface area contributed by atoms with Crippen LogP contribution >= 0.6 is 0 Å². The van der Waals surface area contributed by atoms with Crippen molar-refractivity contribution in [2.75, 3.05) is 20.7 Å². The van der Waals surface area contributed by atoms with E-state index in [1.807, 2.05) is 54.6 Å². The summed E-state index contributed by atoms with van der Waals surface area (Å²) in [4.78, 5) is 13.3. The fourth-order valence-corrected chi connectivity index (χ4v) is 5.13. The normalized spacial score (nSPS) is 23.3. The quantitative estimate of drug-likeness (QED) is 0.665. The van der Waals surface area contributed by atoms with Crippen LogP contribution in [0.3, 0.4) is 0 Å². The predicted octanol–water partition coefficient (Wildman–Crippen LogP) is 4.03. The average Bonchev–Trinajstić information content (AvgIpc) is 3.49. The number of hydrogen-bond donors (Lipinski definition) is 0. The molecule has 0 radical (unpaired) electrons. The van der Waals surface area contributed by atoms with Crippen molar-refractivity contribution in [3.8, 4) is 28.7 Å². The van der Waals surface area contributed by atoms with E-state index in [0.717, 1.165) is 22.3 Å². The lowest BCUT2D eigenvalue weighted by molar-refractivity contribution is 0.00936. The number of benzene rings is 2. The zero-order valence-corrected chi connectivity index (χ0v) is 17.8. The first-order chi connectivity index (χ1) is 16.2. The van der Waals surface area contributed by atoms with E-state index in [2.05, 4.69) is 6.07 Å². The number of nitrogens with zero attached hydrogens (tertiary/aromatic N) is 1. The zero-order valence-electron chi connectivity index (χ0n) is 17.8. The Morgan fingerprint density at radius 1 is 1.21 bits per heavy atom. The third-order valence-corrected chi connectivity index (χ3v) is 6.53. The molecule has 4 aliphatic rings. The number of nitriles is 1. The Morgan fingerprint density at radius 3 is 2.94 bits per heavy atom. The predicted molar refractivity (Wildman–Crippen MR) is 117 cm³/mol. The van der Waals surface area contributed by atoms with Crippen LogP contribution in [0.1, 0.15) is 27.0 Å².